The van der Waals surface area contributed by atoms with E-state index in [1.54, 1.807) is 26.0 Å². The van der Waals surface area contributed by atoms with Crippen LogP contribution in [0.15, 0.2) is 97.1 Å². The molecule has 2 N–H and O–H groups in total. The molecule has 1 fully saturated rings. The lowest BCUT2D eigenvalue weighted by molar-refractivity contribution is 0.0857. The molecular formula is C41H47O6P. The molecule has 0 bridgehead atoms. The van der Waals surface area contributed by atoms with Crippen molar-refractivity contribution >= 4 is 7.37 Å². The lowest BCUT2D eigenvalue weighted by Crippen LogP contribution is -2.43. The van der Waals surface area contributed by atoms with Crippen LogP contribution >= 0.6 is 7.37 Å². The molecule has 0 amide bonds. The summed E-state index contributed by atoms with van der Waals surface area (Å²) in [6, 6.07) is 31.1. The van der Waals surface area contributed by atoms with Crippen molar-refractivity contribution < 1.29 is 28.8 Å². The molecule has 1 saturated heterocycles. The average molecular weight is 667 g/mol. The van der Waals surface area contributed by atoms with E-state index in [2.05, 4.69) is 45.7 Å². The van der Waals surface area contributed by atoms with Gasteiger partial charge in [-0.25, -0.2) is 0 Å². The van der Waals surface area contributed by atoms with Gasteiger partial charge in [0.05, 0.1) is 6.16 Å². The van der Waals surface area contributed by atoms with Crippen LogP contribution < -0.4 is 14.0 Å². The molecule has 48 heavy (non-hydrogen) atoms. The fourth-order valence-electron chi connectivity index (χ4n) is 6.16. The first kappa shape index (κ1) is 35.0. The number of aromatic hydroxyl groups is 1. The van der Waals surface area contributed by atoms with Gasteiger partial charge in [0.2, 0.25) is 0 Å². The van der Waals surface area contributed by atoms with Crippen molar-refractivity contribution in [3.8, 4) is 35.0 Å². The largest absolute Gasteiger partial charge is 0.508 e. The van der Waals surface area contributed by atoms with Crippen molar-refractivity contribution in [2.75, 3.05) is 6.16 Å². The quantitative estimate of drug-likeness (QED) is 0.122. The highest BCUT2D eigenvalue weighted by Crippen LogP contribution is 2.79. The molecule has 4 aromatic rings. The summed E-state index contributed by atoms with van der Waals surface area (Å²) in [5.41, 5.74) is 2.31. The molecular weight excluding hydrogens is 619 g/mol. The van der Waals surface area contributed by atoms with Crippen molar-refractivity contribution in [1.82, 2.24) is 0 Å². The van der Waals surface area contributed by atoms with Gasteiger partial charge in [0, 0.05) is 10.8 Å². The van der Waals surface area contributed by atoms with Crippen LogP contribution in [0, 0.1) is 12.0 Å². The maximum Gasteiger partial charge on any atom is 0.259 e. The lowest BCUT2D eigenvalue weighted by Gasteiger charge is -2.33. The summed E-state index contributed by atoms with van der Waals surface area (Å²) in [5.74, 6) is 4.85. The Hall–Kier alpha value is -4.33. The topological polar surface area (TPSA) is 85.2 Å². The maximum absolute atomic E-state index is 14.0. The molecule has 0 radical (unpaired) electrons. The molecule has 7 heteroatoms. The van der Waals surface area contributed by atoms with Crippen LogP contribution in [0.2, 0.25) is 0 Å². The number of phenols is 1. The third-order valence-electron chi connectivity index (χ3n) is 10.1. The molecule has 0 aliphatic carbocycles. The number of aliphatic hydroxyl groups excluding tert-OH is 1. The fraction of sp³-hybridized carbons (Fsp3) is 0.366. The highest BCUT2D eigenvalue weighted by atomic mass is 31.2. The lowest BCUT2D eigenvalue weighted by atomic mass is 9.78. The molecule has 1 aliphatic rings. The summed E-state index contributed by atoms with van der Waals surface area (Å²) in [5, 5.41) is 18.0. The van der Waals surface area contributed by atoms with E-state index in [9.17, 15) is 9.67 Å². The van der Waals surface area contributed by atoms with Gasteiger partial charge in [-0.05, 0) is 111 Å². The number of hydrogen-bond donors (Lipinski definition) is 2. The standard InChI is InChI=1S/C41H47O6P/c1-37(2,26-27-42)45-34-20-12-30(13-21-34)39(5,6)31-14-22-35(23-15-31)46-40(7,8)41(9)28-48(41,44)47-36-24-16-32(17-25-36)38(3,4)29-10-18-33(43)19-11-29/h10-25,42-43H,28H2,1-9H3. The molecule has 252 valence electrons. The number of phenolic OH excluding ortho intramolecular Hbond substituents is 1. The van der Waals surface area contributed by atoms with Gasteiger partial charge < -0.3 is 24.2 Å². The van der Waals surface area contributed by atoms with Gasteiger partial charge in [-0.15, -0.1) is 0 Å². The summed E-state index contributed by atoms with van der Waals surface area (Å²) in [6.45, 7) is 18.2. The van der Waals surface area contributed by atoms with Crippen LogP contribution in [0.1, 0.15) is 84.6 Å². The van der Waals surface area contributed by atoms with E-state index >= 15 is 0 Å². The third kappa shape index (κ3) is 6.80. The second-order valence-corrected chi connectivity index (χ2v) is 17.9. The van der Waals surface area contributed by atoms with Crippen molar-refractivity contribution in [3.63, 3.8) is 0 Å². The SMILES string of the molecule is CC(C)(C#CO)Oc1ccc(C(C)(C)c2ccc(OC(C)(C)C3(C)CP3(=O)Oc3ccc(C(C)(C)c4ccc(O)cc4)cc3)cc2)cc1. The van der Waals surface area contributed by atoms with Crippen molar-refractivity contribution in [3.05, 3.63) is 119 Å². The third-order valence-corrected chi connectivity index (χ3v) is 13.5. The Morgan fingerprint density at radius 2 is 1.00 bits per heavy atom. The van der Waals surface area contributed by atoms with E-state index < -0.39 is 23.7 Å². The van der Waals surface area contributed by atoms with Crippen molar-refractivity contribution in [2.24, 2.45) is 0 Å². The van der Waals surface area contributed by atoms with Gasteiger partial charge in [-0.2, -0.15) is 0 Å². The summed E-state index contributed by atoms with van der Waals surface area (Å²) in [6.07, 6.45) is 2.36. The first-order chi connectivity index (χ1) is 22.3. The molecule has 0 saturated carbocycles. The van der Waals surface area contributed by atoms with Gasteiger partial charge in [0.1, 0.15) is 39.9 Å². The zero-order chi connectivity index (χ0) is 35.2. The van der Waals surface area contributed by atoms with Gasteiger partial charge in [0.25, 0.3) is 7.37 Å². The second kappa shape index (κ2) is 12.3. The molecule has 5 rings (SSSR count). The number of rotatable bonds is 11. The molecule has 4 aromatic carbocycles. The summed E-state index contributed by atoms with van der Waals surface area (Å²) in [4.78, 5) is 0. The number of aliphatic hydroxyl groups is 1. The molecule has 6 nitrogen and oxygen atoms in total. The van der Waals surface area contributed by atoms with Crippen LogP contribution in [0.25, 0.3) is 0 Å². The minimum absolute atomic E-state index is 0.241. The summed E-state index contributed by atoms with van der Waals surface area (Å²) >= 11 is 0. The van der Waals surface area contributed by atoms with Crippen molar-refractivity contribution in [2.45, 2.75) is 89.5 Å². The van der Waals surface area contributed by atoms with Gasteiger partial charge in [-0.1, -0.05) is 76.2 Å². The van der Waals surface area contributed by atoms with Crippen LogP contribution in [0.5, 0.6) is 23.0 Å². The van der Waals surface area contributed by atoms with E-state index in [1.165, 1.54) is 0 Å². The van der Waals surface area contributed by atoms with E-state index in [4.69, 9.17) is 19.1 Å². The Labute approximate surface area is 285 Å². The molecule has 2 unspecified atom stereocenters. The monoisotopic (exact) mass is 666 g/mol. The number of benzene rings is 4. The molecule has 1 aliphatic heterocycles. The van der Waals surface area contributed by atoms with Gasteiger partial charge in [-0.3, -0.25) is 4.57 Å². The Balaban J connectivity index is 1.24. The maximum atomic E-state index is 14.0. The van der Waals surface area contributed by atoms with Crippen molar-refractivity contribution in [1.29, 1.82) is 0 Å². The zero-order valence-electron chi connectivity index (χ0n) is 29.4. The van der Waals surface area contributed by atoms with Crippen LogP contribution in [0.4, 0.5) is 0 Å². The zero-order valence-corrected chi connectivity index (χ0v) is 30.3. The summed E-state index contributed by atoms with van der Waals surface area (Å²) < 4.78 is 32.7. The van der Waals surface area contributed by atoms with Gasteiger partial charge >= 0.3 is 0 Å². The number of hydrogen-bond acceptors (Lipinski definition) is 6. The molecule has 0 aromatic heterocycles. The highest BCUT2D eigenvalue weighted by molar-refractivity contribution is 7.69. The minimum atomic E-state index is -3.02. The molecule has 2 atom stereocenters. The Bertz CT molecular complexity index is 1860. The van der Waals surface area contributed by atoms with Crippen LogP contribution in [-0.4, -0.2) is 32.7 Å². The van der Waals surface area contributed by atoms with E-state index in [1.807, 2.05) is 99.7 Å². The predicted octanol–water partition coefficient (Wildman–Crippen LogP) is 9.82. The first-order valence-electron chi connectivity index (χ1n) is 16.3. The average Bonchev–Trinajstić information content (AvgIpc) is 3.59. The Morgan fingerprint density at radius 1 is 0.625 bits per heavy atom. The van der Waals surface area contributed by atoms with E-state index in [-0.39, 0.29) is 16.6 Å². The van der Waals surface area contributed by atoms with Crippen LogP contribution in [0.3, 0.4) is 0 Å². The summed E-state index contributed by atoms with van der Waals surface area (Å²) in [7, 11) is -3.02. The molecule has 0 spiro atoms. The fourth-order valence-corrected chi connectivity index (χ4v) is 9.22. The van der Waals surface area contributed by atoms with Gasteiger partial charge in [0.15, 0.2) is 5.60 Å². The minimum Gasteiger partial charge on any atom is -0.508 e. The predicted molar refractivity (Wildman–Crippen MR) is 192 cm³/mol. The molecule has 1 heterocycles. The smallest absolute Gasteiger partial charge is 0.259 e. The first-order valence-corrected chi connectivity index (χ1v) is 18.1. The van der Waals surface area contributed by atoms with E-state index in [0.717, 1.165) is 22.3 Å². The Morgan fingerprint density at radius 3 is 1.42 bits per heavy atom. The highest BCUT2D eigenvalue weighted by Gasteiger charge is 2.73. The number of ether oxygens (including phenoxy) is 2. The van der Waals surface area contributed by atoms with E-state index in [0.29, 0.717) is 23.4 Å². The van der Waals surface area contributed by atoms with Crippen LogP contribution in [-0.2, 0) is 15.4 Å². The second-order valence-electron chi connectivity index (χ2n) is 15.0. The Kier molecular flexibility index (Phi) is 8.95. The normalized spacial score (nSPS) is 19.5.